The van der Waals surface area contributed by atoms with Crippen LogP contribution in [0.4, 0.5) is 0 Å². The summed E-state index contributed by atoms with van der Waals surface area (Å²) in [5, 5.41) is 11.0. The lowest BCUT2D eigenvalue weighted by Crippen LogP contribution is -2.48. The van der Waals surface area contributed by atoms with Crippen LogP contribution in [0.3, 0.4) is 0 Å². The van der Waals surface area contributed by atoms with Crippen molar-refractivity contribution in [2.45, 2.75) is 50.2 Å². The van der Waals surface area contributed by atoms with Gasteiger partial charge in [0.05, 0.1) is 17.6 Å². The maximum Gasteiger partial charge on any atom is 0.289 e. The van der Waals surface area contributed by atoms with E-state index in [9.17, 15) is 18.4 Å². The van der Waals surface area contributed by atoms with Gasteiger partial charge in [0, 0.05) is 37.4 Å². The SMILES string of the molecule is CC(C)CCN(N(O)C(=O)C1=CC2OCOC2C1)S(=O)(=O)c1ccc(OCCc2ccncc2)cc1. The van der Waals surface area contributed by atoms with Crippen LogP contribution in [0.15, 0.2) is 65.3 Å². The number of hydroxylamine groups is 1. The van der Waals surface area contributed by atoms with Gasteiger partial charge in [-0.15, -0.1) is 5.17 Å². The smallest absolute Gasteiger partial charge is 0.289 e. The number of rotatable bonds is 11. The second-order valence-corrected chi connectivity index (χ2v) is 10.9. The summed E-state index contributed by atoms with van der Waals surface area (Å²) in [5.41, 5.74) is 1.33. The summed E-state index contributed by atoms with van der Waals surface area (Å²) >= 11 is 0. The van der Waals surface area contributed by atoms with Crippen molar-refractivity contribution in [1.29, 1.82) is 0 Å². The van der Waals surface area contributed by atoms with Gasteiger partial charge in [0.15, 0.2) is 0 Å². The van der Waals surface area contributed by atoms with Crippen molar-refractivity contribution >= 4 is 15.9 Å². The average molecular weight is 518 g/mol. The minimum absolute atomic E-state index is 0.0662. The summed E-state index contributed by atoms with van der Waals surface area (Å²) in [4.78, 5) is 16.9. The van der Waals surface area contributed by atoms with Gasteiger partial charge in [-0.25, -0.2) is 8.42 Å². The fourth-order valence-electron chi connectivity index (χ4n) is 3.96. The van der Waals surface area contributed by atoms with Crippen LogP contribution in [0.2, 0.25) is 0 Å². The summed E-state index contributed by atoms with van der Waals surface area (Å²) in [5.74, 6) is -0.162. The van der Waals surface area contributed by atoms with Gasteiger partial charge in [0.2, 0.25) is 0 Å². The molecule has 1 amide bonds. The van der Waals surface area contributed by atoms with Gasteiger partial charge >= 0.3 is 0 Å². The summed E-state index contributed by atoms with van der Waals surface area (Å²) in [6.07, 6.45) is 5.70. The Morgan fingerprint density at radius 3 is 2.56 bits per heavy atom. The largest absolute Gasteiger partial charge is 0.493 e. The summed E-state index contributed by atoms with van der Waals surface area (Å²) in [6, 6.07) is 9.72. The molecular formula is C25H31N3O7S. The van der Waals surface area contributed by atoms with E-state index in [1.54, 1.807) is 30.6 Å². The van der Waals surface area contributed by atoms with Crippen LogP contribution in [-0.2, 0) is 30.7 Å². The predicted molar refractivity (Wildman–Crippen MR) is 129 cm³/mol. The van der Waals surface area contributed by atoms with E-state index in [2.05, 4.69) is 4.98 Å². The van der Waals surface area contributed by atoms with Crippen LogP contribution >= 0.6 is 0 Å². The lowest BCUT2D eigenvalue weighted by atomic mass is 10.1. The molecule has 1 fully saturated rings. The maximum absolute atomic E-state index is 13.5. The number of hydrogen-bond acceptors (Lipinski definition) is 8. The summed E-state index contributed by atoms with van der Waals surface area (Å²) in [6.45, 7) is 4.36. The Balaban J connectivity index is 1.46. The van der Waals surface area contributed by atoms with Crippen LogP contribution in [0.1, 0.15) is 32.3 Å². The van der Waals surface area contributed by atoms with Gasteiger partial charge in [0.25, 0.3) is 15.9 Å². The number of benzene rings is 1. The van der Waals surface area contributed by atoms with Crippen LogP contribution in [0.25, 0.3) is 0 Å². The number of carbonyl (C=O) groups is 1. The molecule has 2 unspecified atom stereocenters. The molecule has 2 aliphatic rings. The Morgan fingerprint density at radius 2 is 1.89 bits per heavy atom. The molecule has 0 radical (unpaired) electrons. The molecule has 1 aliphatic carbocycles. The zero-order valence-corrected chi connectivity index (χ0v) is 21.1. The molecule has 2 atom stereocenters. The van der Waals surface area contributed by atoms with Gasteiger partial charge in [-0.1, -0.05) is 18.3 Å². The molecule has 1 N–H and O–H groups in total. The van der Waals surface area contributed by atoms with E-state index in [1.165, 1.54) is 12.1 Å². The number of carbonyl (C=O) groups excluding carboxylic acids is 1. The van der Waals surface area contributed by atoms with Crippen molar-refractivity contribution in [2.75, 3.05) is 19.9 Å². The molecule has 2 heterocycles. The number of ether oxygens (including phenoxy) is 3. The molecule has 1 aromatic carbocycles. The van der Waals surface area contributed by atoms with Crippen molar-refractivity contribution in [1.82, 2.24) is 14.6 Å². The van der Waals surface area contributed by atoms with E-state index < -0.39 is 15.9 Å². The van der Waals surface area contributed by atoms with Crippen molar-refractivity contribution in [3.63, 3.8) is 0 Å². The van der Waals surface area contributed by atoms with E-state index in [0.29, 0.717) is 29.6 Å². The first kappa shape index (κ1) is 26.2. The molecule has 1 aromatic heterocycles. The highest BCUT2D eigenvalue weighted by Gasteiger charge is 2.40. The molecule has 0 saturated carbocycles. The van der Waals surface area contributed by atoms with Gasteiger partial charge in [-0.3, -0.25) is 15.0 Å². The maximum atomic E-state index is 13.5. The van der Waals surface area contributed by atoms with Crippen LogP contribution < -0.4 is 4.74 Å². The Bertz CT molecular complexity index is 1170. The molecule has 36 heavy (non-hydrogen) atoms. The van der Waals surface area contributed by atoms with Crippen molar-refractivity contribution < 1.29 is 32.6 Å². The van der Waals surface area contributed by atoms with Gasteiger partial charge < -0.3 is 14.2 Å². The third-order valence-electron chi connectivity index (χ3n) is 6.07. The molecule has 11 heteroatoms. The molecular weight excluding hydrogens is 486 g/mol. The lowest BCUT2D eigenvalue weighted by Gasteiger charge is -2.29. The number of nitrogens with zero attached hydrogens (tertiary/aromatic N) is 3. The molecule has 194 valence electrons. The Hall–Kier alpha value is -2.83. The Morgan fingerprint density at radius 1 is 1.17 bits per heavy atom. The summed E-state index contributed by atoms with van der Waals surface area (Å²) in [7, 11) is -4.23. The standard InChI is InChI=1S/C25H31N3O7S/c1-18(2)9-13-27(28(30)25(29)20-15-23-24(16-20)35-17-34-23)36(31,32)22-5-3-21(4-6-22)33-14-10-19-7-11-26-12-8-19/h3-8,11-12,15,18,23-24,30H,9-10,13-14,16-17H2,1-2H3. The molecule has 1 saturated heterocycles. The molecule has 2 aromatic rings. The number of aromatic nitrogens is 1. The van der Waals surface area contributed by atoms with Crippen LogP contribution in [0, 0.1) is 5.92 Å². The third-order valence-corrected chi connectivity index (χ3v) is 7.83. The number of pyridine rings is 1. The highest BCUT2D eigenvalue weighted by Crippen LogP contribution is 2.31. The lowest BCUT2D eigenvalue weighted by molar-refractivity contribution is -0.207. The monoisotopic (exact) mass is 517 g/mol. The Kier molecular flexibility index (Phi) is 8.37. The first-order chi connectivity index (χ1) is 17.3. The predicted octanol–water partition coefficient (Wildman–Crippen LogP) is 2.94. The first-order valence-corrected chi connectivity index (χ1v) is 13.3. The van der Waals surface area contributed by atoms with Crippen LogP contribution in [-0.4, -0.2) is 66.3 Å². The molecule has 4 rings (SSSR count). The fraction of sp³-hybridized carbons (Fsp3) is 0.440. The Labute approximate surface area is 211 Å². The second kappa shape index (κ2) is 11.5. The summed E-state index contributed by atoms with van der Waals surface area (Å²) < 4.78 is 44.2. The topological polar surface area (TPSA) is 118 Å². The van der Waals surface area contributed by atoms with Crippen molar-refractivity contribution in [3.8, 4) is 5.75 Å². The molecule has 0 bridgehead atoms. The van der Waals surface area contributed by atoms with E-state index in [1.807, 2.05) is 26.0 Å². The average Bonchev–Trinajstić information content (AvgIpc) is 3.47. The zero-order valence-electron chi connectivity index (χ0n) is 20.3. The van der Waals surface area contributed by atoms with Gasteiger partial charge in [0.1, 0.15) is 18.6 Å². The third kappa shape index (κ3) is 6.11. The molecule has 0 spiro atoms. The molecule has 10 nitrogen and oxygen atoms in total. The second-order valence-electron chi connectivity index (χ2n) is 9.10. The van der Waals surface area contributed by atoms with Crippen LogP contribution in [0.5, 0.6) is 5.75 Å². The highest BCUT2D eigenvalue weighted by atomic mass is 32.2. The quantitative estimate of drug-likeness (QED) is 0.357. The van der Waals surface area contributed by atoms with Crippen molar-refractivity contribution in [3.05, 3.63) is 66.0 Å². The highest BCUT2D eigenvalue weighted by molar-refractivity contribution is 7.89. The van der Waals surface area contributed by atoms with E-state index in [4.69, 9.17) is 14.2 Å². The number of fused-ring (bicyclic) bond motifs is 1. The fourth-order valence-corrected chi connectivity index (χ4v) is 5.31. The number of sulfonamides is 1. The zero-order chi connectivity index (χ0) is 25.7. The van der Waals surface area contributed by atoms with E-state index >= 15 is 0 Å². The van der Waals surface area contributed by atoms with E-state index in [-0.39, 0.29) is 53.5 Å². The van der Waals surface area contributed by atoms with E-state index in [0.717, 1.165) is 5.56 Å². The van der Waals surface area contributed by atoms with Gasteiger partial charge in [-0.05, 0) is 60.4 Å². The number of amides is 1. The number of hydrogen-bond donors (Lipinski definition) is 1. The van der Waals surface area contributed by atoms with Gasteiger partial charge in [-0.2, -0.15) is 0 Å². The minimum atomic E-state index is -4.23. The van der Waals surface area contributed by atoms with Crippen molar-refractivity contribution in [2.24, 2.45) is 5.92 Å². The first-order valence-electron chi connectivity index (χ1n) is 11.9. The molecule has 1 aliphatic heterocycles. The number of hydrazine groups is 1. The minimum Gasteiger partial charge on any atom is -0.493 e. The normalized spacial score (nSPS) is 19.4.